The van der Waals surface area contributed by atoms with Crippen molar-refractivity contribution in [1.29, 1.82) is 5.41 Å². The molecule has 0 aliphatic rings. The number of rotatable bonds is 3. The molecule has 7 nitrogen and oxygen atoms in total. The molecule has 1 aromatic heterocycles. The number of aryl methyl sites for hydroxylation is 1. The lowest BCUT2D eigenvalue weighted by molar-refractivity contribution is -0.471. The van der Waals surface area contributed by atoms with Gasteiger partial charge in [0, 0.05) is 0 Å². The highest BCUT2D eigenvalue weighted by atomic mass is 19.4. The second-order valence-electron chi connectivity index (χ2n) is 2.64. The molecule has 0 amide bonds. The molecule has 0 fully saturated rings. The summed E-state index contributed by atoms with van der Waals surface area (Å²) in [5.41, 5.74) is 0. The molecule has 0 saturated carbocycles. The van der Waals surface area contributed by atoms with Crippen molar-refractivity contribution in [2.45, 2.75) is 13.3 Å². The second kappa shape index (κ2) is 4.45. The Morgan fingerprint density at radius 3 is 2.56 bits per heavy atom. The minimum Gasteiger partial charge on any atom is -0.357 e. The number of nitrogens with zero attached hydrogens (tertiary/aromatic N) is 3. The molecule has 16 heavy (non-hydrogen) atoms. The predicted octanol–water partition coefficient (Wildman–Crippen LogP) is 0.753. The van der Waals surface area contributed by atoms with Gasteiger partial charge in [-0.15, -0.1) is 18.3 Å². The number of aromatic amines is 1. The van der Waals surface area contributed by atoms with Crippen molar-refractivity contribution < 1.29 is 22.8 Å². The molecule has 10 heteroatoms. The Labute approximate surface area is 87.6 Å². The van der Waals surface area contributed by atoms with E-state index in [0.717, 1.165) is 7.05 Å². The van der Waals surface area contributed by atoms with Gasteiger partial charge in [-0.25, -0.2) is 4.98 Å². The third-order valence-corrected chi connectivity index (χ3v) is 1.25. The third-order valence-electron chi connectivity index (χ3n) is 1.25. The highest BCUT2D eigenvalue weighted by molar-refractivity contribution is 5.87. The van der Waals surface area contributed by atoms with Crippen LogP contribution in [0.15, 0.2) is 0 Å². The van der Waals surface area contributed by atoms with Crippen LogP contribution in [-0.2, 0) is 9.68 Å². The molecule has 1 aromatic rings. The van der Waals surface area contributed by atoms with Crippen molar-refractivity contribution in [3.05, 3.63) is 11.6 Å². The van der Waals surface area contributed by atoms with Gasteiger partial charge in [0.1, 0.15) is 5.82 Å². The molecule has 2 N–H and O–H groups in total. The summed E-state index contributed by atoms with van der Waals surface area (Å²) in [6, 6.07) is 0. The number of nitrogens with one attached hydrogen (secondary N) is 2. The Balaban J connectivity index is 2.52. The molecule has 0 atom stereocenters. The van der Waals surface area contributed by atoms with Crippen LogP contribution in [-0.4, -0.2) is 39.7 Å². The van der Waals surface area contributed by atoms with Crippen molar-refractivity contribution in [1.82, 2.24) is 20.4 Å². The van der Waals surface area contributed by atoms with Crippen LogP contribution in [0, 0.1) is 12.3 Å². The van der Waals surface area contributed by atoms with E-state index < -0.39 is 12.3 Å². The van der Waals surface area contributed by atoms with Gasteiger partial charge in [-0.2, -0.15) is 4.84 Å². The summed E-state index contributed by atoms with van der Waals surface area (Å²) in [5.74, 6) is -0.436. The molecule has 0 saturated heterocycles. The Bertz CT molecular complexity index is 376. The van der Waals surface area contributed by atoms with E-state index in [1.165, 1.54) is 0 Å². The zero-order valence-electron chi connectivity index (χ0n) is 8.29. The zero-order chi connectivity index (χ0) is 12.3. The number of aromatic nitrogens is 3. The number of alkyl halides is 3. The maximum Gasteiger partial charge on any atom is 0.541 e. The summed E-state index contributed by atoms with van der Waals surface area (Å²) >= 11 is 0. The van der Waals surface area contributed by atoms with E-state index in [-0.39, 0.29) is 11.1 Å². The normalized spacial score (nSPS) is 11.9. The third kappa shape index (κ3) is 3.82. The number of halogens is 3. The van der Waals surface area contributed by atoms with Gasteiger partial charge in [0.2, 0.25) is 5.82 Å². The van der Waals surface area contributed by atoms with Crippen LogP contribution in [0.1, 0.15) is 11.6 Å². The van der Waals surface area contributed by atoms with E-state index in [0.29, 0.717) is 5.82 Å². The highest BCUT2D eigenvalue weighted by Gasteiger charge is 2.33. The van der Waals surface area contributed by atoms with Crippen LogP contribution in [0.3, 0.4) is 0 Å². The van der Waals surface area contributed by atoms with Gasteiger partial charge in [0.05, 0.1) is 7.05 Å². The second-order valence-corrected chi connectivity index (χ2v) is 2.64. The van der Waals surface area contributed by atoms with Gasteiger partial charge in [-0.1, -0.05) is 0 Å². The van der Waals surface area contributed by atoms with Crippen LogP contribution in [0.5, 0.6) is 0 Å². The first-order valence-corrected chi connectivity index (χ1v) is 3.93. The average molecular weight is 239 g/mol. The van der Waals surface area contributed by atoms with Crippen LogP contribution < -0.4 is 0 Å². The van der Waals surface area contributed by atoms with Crippen LogP contribution in [0.25, 0.3) is 0 Å². The number of hydrogen-bond donors (Lipinski definition) is 2. The molecule has 0 spiro atoms. The first-order valence-electron chi connectivity index (χ1n) is 3.93. The molecule has 0 aliphatic carbocycles. The van der Waals surface area contributed by atoms with Crippen LogP contribution in [0.4, 0.5) is 13.2 Å². The maximum atomic E-state index is 11.7. The van der Waals surface area contributed by atoms with Crippen molar-refractivity contribution in [2.75, 3.05) is 7.05 Å². The standard InChI is InChI=1S/C6H8F3N5O2/c1-3-11-5(13-12-3)4(10)15-14(2)16-6(7,8)9/h10H,1-2H3,(H,11,12,13). The lowest BCUT2D eigenvalue weighted by atomic mass is 10.6. The SMILES string of the molecule is Cc1nc(C(=N)ON(C)OC(F)(F)F)n[nH]1. The predicted molar refractivity (Wildman–Crippen MR) is 43.9 cm³/mol. The molecule has 0 bridgehead atoms. The lowest BCUT2D eigenvalue weighted by Crippen LogP contribution is -2.30. The molecular weight excluding hydrogens is 231 g/mol. The first kappa shape index (κ1) is 12.4. The number of hydrogen-bond acceptors (Lipinski definition) is 6. The van der Waals surface area contributed by atoms with Crippen LogP contribution in [0.2, 0.25) is 0 Å². The molecule has 0 aromatic carbocycles. The fraction of sp³-hybridized carbons (Fsp3) is 0.500. The molecule has 90 valence electrons. The maximum absolute atomic E-state index is 11.7. The lowest BCUT2D eigenvalue weighted by Gasteiger charge is -2.16. The van der Waals surface area contributed by atoms with Gasteiger partial charge in [-0.05, 0) is 12.2 Å². The van der Waals surface area contributed by atoms with Crippen molar-refractivity contribution in [3.63, 3.8) is 0 Å². The Morgan fingerprint density at radius 2 is 2.12 bits per heavy atom. The molecule has 0 aliphatic heterocycles. The summed E-state index contributed by atoms with van der Waals surface area (Å²) in [4.78, 5) is 11.4. The van der Waals surface area contributed by atoms with E-state index in [1.54, 1.807) is 6.92 Å². The first-order chi connectivity index (χ1) is 7.28. The fourth-order valence-corrected chi connectivity index (χ4v) is 0.778. The summed E-state index contributed by atoms with van der Waals surface area (Å²) < 4.78 is 35.1. The minimum absolute atomic E-state index is 0.00593. The fourth-order valence-electron chi connectivity index (χ4n) is 0.778. The quantitative estimate of drug-likeness (QED) is 0.461. The average Bonchev–Trinajstić information content (AvgIpc) is 2.47. The Morgan fingerprint density at radius 1 is 1.50 bits per heavy atom. The molecule has 1 heterocycles. The van der Waals surface area contributed by atoms with Gasteiger partial charge in [0.25, 0.3) is 5.90 Å². The zero-order valence-corrected chi connectivity index (χ0v) is 8.29. The van der Waals surface area contributed by atoms with Gasteiger partial charge in [0.15, 0.2) is 0 Å². The van der Waals surface area contributed by atoms with E-state index in [1.807, 2.05) is 0 Å². The molecule has 1 rings (SSSR count). The Hall–Kier alpha value is -1.68. The Kier molecular flexibility index (Phi) is 3.44. The van der Waals surface area contributed by atoms with Crippen molar-refractivity contribution in [2.24, 2.45) is 0 Å². The molecule has 0 unspecified atom stereocenters. The smallest absolute Gasteiger partial charge is 0.357 e. The van der Waals surface area contributed by atoms with Crippen LogP contribution >= 0.6 is 0 Å². The number of H-pyrrole nitrogens is 1. The summed E-state index contributed by atoms with van der Waals surface area (Å²) in [6.07, 6.45) is -4.88. The van der Waals surface area contributed by atoms with Crippen molar-refractivity contribution in [3.8, 4) is 0 Å². The van der Waals surface area contributed by atoms with E-state index in [9.17, 15) is 13.2 Å². The van der Waals surface area contributed by atoms with E-state index >= 15 is 0 Å². The number of hydroxylamine groups is 2. The van der Waals surface area contributed by atoms with Gasteiger partial charge >= 0.3 is 6.36 Å². The highest BCUT2D eigenvalue weighted by Crippen LogP contribution is 2.17. The van der Waals surface area contributed by atoms with Gasteiger partial charge < -0.3 is 4.84 Å². The molecule has 0 radical (unpaired) electrons. The topological polar surface area (TPSA) is 87.1 Å². The summed E-state index contributed by atoms with van der Waals surface area (Å²) in [7, 11) is 0.849. The molecular formula is C6H8F3N5O2. The van der Waals surface area contributed by atoms with Gasteiger partial charge in [-0.3, -0.25) is 10.5 Å². The van der Waals surface area contributed by atoms with E-state index in [4.69, 9.17) is 5.41 Å². The summed E-state index contributed by atoms with van der Waals surface area (Å²) in [6.45, 7) is 1.57. The van der Waals surface area contributed by atoms with E-state index in [2.05, 4.69) is 24.9 Å². The minimum atomic E-state index is -4.88. The summed E-state index contributed by atoms with van der Waals surface area (Å²) in [5, 5.41) is 13.1. The monoisotopic (exact) mass is 239 g/mol. The largest absolute Gasteiger partial charge is 0.541 e. The van der Waals surface area contributed by atoms with Crippen molar-refractivity contribution >= 4 is 5.90 Å².